The largest absolute Gasteiger partial charge is 0.397 e. The van der Waals surface area contributed by atoms with Crippen molar-refractivity contribution in [2.75, 3.05) is 11.1 Å². The third-order valence-electron chi connectivity index (χ3n) is 2.60. The number of anilines is 2. The van der Waals surface area contributed by atoms with Gasteiger partial charge in [0.15, 0.2) is 0 Å². The van der Waals surface area contributed by atoms with E-state index in [-0.39, 0.29) is 5.91 Å². The first-order chi connectivity index (χ1) is 8.04. The zero-order valence-corrected chi connectivity index (χ0v) is 11.9. The summed E-state index contributed by atoms with van der Waals surface area (Å²) in [5, 5.41) is 2.88. The van der Waals surface area contributed by atoms with Crippen molar-refractivity contribution in [1.29, 1.82) is 0 Å². The van der Waals surface area contributed by atoms with Crippen molar-refractivity contribution < 1.29 is 4.79 Å². The summed E-state index contributed by atoms with van der Waals surface area (Å²) in [4.78, 5) is 11.7. The van der Waals surface area contributed by atoms with Crippen LogP contribution in [0.5, 0.6) is 0 Å². The predicted molar refractivity (Wildman–Crippen MR) is 76.1 cm³/mol. The minimum Gasteiger partial charge on any atom is -0.397 e. The Kier molecular flexibility index (Phi) is 5.48. The molecule has 0 radical (unpaired) electrons. The van der Waals surface area contributed by atoms with E-state index in [4.69, 9.17) is 5.73 Å². The molecule has 1 aromatic carbocycles. The predicted octanol–water partition coefficient (Wildman–Crippen LogP) is 3.86. The maximum atomic E-state index is 11.7. The van der Waals surface area contributed by atoms with Crippen molar-refractivity contribution in [3.63, 3.8) is 0 Å². The molecule has 0 aliphatic rings. The molecule has 0 aliphatic carbocycles. The number of carbonyl (C=O) groups is 1. The number of rotatable bonds is 5. The Morgan fingerprint density at radius 2 is 2.12 bits per heavy atom. The molecule has 1 rings (SSSR count). The van der Waals surface area contributed by atoms with Gasteiger partial charge in [-0.05, 0) is 31.0 Å². The van der Waals surface area contributed by atoms with Crippen molar-refractivity contribution in [1.82, 2.24) is 0 Å². The van der Waals surface area contributed by atoms with E-state index in [1.807, 2.05) is 13.0 Å². The van der Waals surface area contributed by atoms with Crippen LogP contribution in [0.25, 0.3) is 0 Å². The maximum absolute atomic E-state index is 11.7. The number of unbranched alkanes of at least 4 members (excludes halogenated alkanes) is 2. The number of amides is 1. The lowest BCUT2D eigenvalue weighted by Gasteiger charge is -2.11. The Balaban J connectivity index is 2.65. The van der Waals surface area contributed by atoms with Crippen LogP contribution in [0.1, 0.15) is 38.2 Å². The van der Waals surface area contributed by atoms with E-state index in [1.54, 1.807) is 6.07 Å². The second-order valence-electron chi connectivity index (χ2n) is 4.19. The fraction of sp³-hybridized carbons (Fsp3) is 0.462. The number of nitrogens with two attached hydrogens (primary N) is 1. The monoisotopic (exact) mass is 298 g/mol. The molecular formula is C13H19BrN2O. The molecule has 0 spiro atoms. The molecular weight excluding hydrogens is 280 g/mol. The van der Waals surface area contributed by atoms with E-state index in [2.05, 4.69) is 28.2 Å². The van der Waals surface area contributed by atoms with Gasteiger partial charge >= 0.3 is 0 Å². The first-order valence-corrected chi connectivity index (χ1v) is 6.69. The lowest BCUT2D eigenvalue weighted by atomic mass is 10.1. The average Bonchev–Trinajstić information content (AvgIpc) is 2.24. The van der Waals surface area contributed by atoms with Gasteiger partial charge in [0.25, 0.3) is 0 Å². The van der Waals surface area contributed by atoms with Gasteiger partial charge in [-0.1, -0.05) is 35.7 Å². The Morgan fingerprint density at radius 1 is 1.41 bits per heavy atom. The van der Waals surface area contributed by atoms with Gasteiger partial charge in [0, 0.05) is 10.9 Å². The number of nitrogens with one attached hydrogen (secondary N) is 1. The summed E-state index contributed by atoms with van der Waals surface area (Å²) in [6, 6.07) is 3.74. The number of hydrogen-bond donors (Lipinski definition) is 2. The lowest BCUT2D eigenvalue weighted by Crippen LogP contribution is -2.13. The first-order valence-electron chi connectivity index (χ1n) is 5.90. The molecule has 0 saturated heterocycles. The van der Waals surface area contributed by atoms with E-state index in [9.17, 15) is 4.79 Å². The quantitative estimate of drug-likeness (QED) is 0.641. The van der Waals surface area contributed by atoms with Crippen LogP contribution in [-0.2, 0) is 4.79 Å². The molecule has 1 amide bonds. The van der Waals surface area contributed by atoms with Crippen molar-refractivity contribution in [2.24, 2.45) is 0 Å². The van der Waals surface area contributed by atoms with Crippen LogP contribution in [0.15, 0.2) is 16.6 Å². The first kappa shape index (κ1) is 14.0. The Morgan fingerprint density at radius 3 is 2.71 bits per heavy atom. The fourth-order valence-corrected chi connectivity index (χ4v) is 2.27. The number of nitrogen functional groups attached to an aromatic ring is 1. The van der Waals surface area contributed by atoms with Crippen LogP contribution in [0.4, 0.5) is 11.4 Å². The number of halogens is 1. The molecule has 4 heteroatoms. The summed E-state index contributed by atoms with van der Waals surface area (Å²) in [6.45, 7) is 4.05. The van der Waals surface area contributed by atoms with Gasteiger partial charge in [-0.15, -0.1) is 0 Å². The molecule has 3 nitrogen and oxygen atoms in total. The van der Waals surface area contributed by atoms with Gasteiger partial charge in [0.1, 0.15) is 0 Å². The maximum Gasteiger partial charge on any atom is 0.224 e. The number of hydrogen-bond acceptors (Lipinski definition) is 2. The molecule has 94 valence electrons. The van der Waals surface area contributed by atoms with Crippen LogP contribution < -0.4 is 11.1 Å². The number of carbonyl (C=O) groups excluding carboxylic acids is 1. The molecule has 0 unspecified atom stereocenters. The zero-order chi connectivity index (χ0) is 12.8. The van der Waals surface area contributed by atoms with Crippen LogP contribution in [0, 0.1) is 6.92 Å². The molecule has 0 aliphatic heterocycles. The van der Waals surface area contributed by atoms with E-state index in [0.717, 1.165) is 35.0 Å². The van der Waals surface area contributed by atoms with Gasteiger partial charge in [-0.25, -0.2) is 0 Å². The van der Waals surface area contributed by atoms with Crippen molar-refractivity contribution in [3.05, 3.63) is 22.2 Å². The van der Waals surface area contributed by atoms with Gasteiger partial charge in [0.2, 0.25) is 5.91 Å². The normalized spacial score (nSPS) is 10.3. The van der Waals surface area contributed by atoms with Crippen molar-refractivity contribution >= 4 is 33.2 Å². The minimum absolute atomic E-state index is 0.0376. The summed E-state index contributed by atoms with van der Waals surface area (Å²) < 4.78 is 0.927. The zero-order valence-electron chi connectivity index (χ0n) is 10.3. The summed E-state index contributed by atoms with van der Waals surface area (Å²) in [5.74, 6) is 0.0376. The van der Waals surface area contributed by atoms with Gasteiger partial charge in [-0.3, -0.25) is 4.79 Å². The molecule has 1 aromatic rings. The number of benzene rings is 1. The summed E-state index contributed by atoms with van der Waals surface area (Å²) in [5.41, 5.74) is 8.18. The highest BCUT2D eigenvalue weighted by Gasteiger charge is 2.08. The minimum atomic E-state index is 0.0376. The SMILES string of the molecule is CCCCCC(=O)Nc1c(C)cc(Br)cc1N. The lowest BCUT2D eigenvalue weighted by molar-refractivity contribution is -0.116. The third kappa shape index (κ3) is 4.38. The van der Waals surface area contributed by atoms with E-state index in [0.29, 0.717) is 12.1 Å². The van der Waals surface area contributed by atoms with E-state index in [1.165, 1.54) is 0 Å². The van der Waals surface area contributed by atoms with Crippen LogP contribution in [-0.4, -0.2) is 5.91 Å². The standard InChI is InChI=1S/C13H19BrN2O/c1-3-4-5-6-12(17)16-13-9(2)7-10(14)8-11(13)15/h7-8H,3-6,15H2,1-2H3,(H,16,17). The highest BCUT2D eigenvalue weighted by Crippen LogP contribution is 2.27. The van der Waals surface area contributed by atoms with Gasteiger partial charge in [-0.2, -0.15) is 0 Å². The molecule has 17 heavy (non-hydrogen) atoms. The highest BCUT2D eigenvalue weighted by molar-refractivity contribution is 9.10. The fourth-order valence-electron chi connectivity index (χ4n) is 1.68. The molecule has 0 atom stereocenters. The Hall–Kier alpha value is -1.03. The molecule has 0 heterocycles. The van der Waals surface area contributed by atoms with E-state index < -0.39 is 0 Å². The second kappa shape index (κ2) is 6.64. The molecule has 0 bridgehead atoms. The van der Waals surface area contributed by atoms with Crippen molar-refractivity contribution in [3.8, 4) is 0 Å². The van der Waals surface area contributed by atoms with Crippen molar-refractivity contribution in [2.45, 2.75) is 39.5 Å². The Labute approximate surface area is 111 Å². The smallest absolute Gasteiger partial charge is 0.224 e. The van der Waals surface area contributed by atoms with E-state index >= 15 is 0 Å². The highest BCUT2D eigenvalue weighted by atomic mass is 79.9. The van der Waals surface area contributed by atoms with Gasteiger partial charge < -0.3 is 11.1 Å². The second-order valence-corrected chi connectivity index (χ2v) is 5.11. The van der Waals surface area contributed by atoms with Crippen LogP contribution >= 0.6 is 15.9 Å². The number of aryl methyl sites for hydroxylation is 1. The third-order valence-corrected chi connectivity index (χ3v) is 3.06. The van der Waals surface area contributed by atoms with Gasteiger partial charge in [0.05, 0.1) is 11.4 Å². The molecule has 0 saturated carbocycles. The topological polar surface area (TPSA) is 55.1 Å². The summed E-state index contributed by atoms with van der Waals surface area (Å²) in [6.07, 6.45) is 3.69. The molecule has 0 fully saturated rings. The molecule has 3 N–H and O–H groups in total. The van der Waals surface area contributed by atoms with Crippen LogP contribution in [0.2, 0.25) is 0 Å². The summed E-state index contributed by atoms with van der Waals surface area (Å²) >= 11 is 3.37. The van der Waals surface area contributed by atoms with Crippen LogP contribution in [0.3, 0.4) is 0 Å². The average molecular weight is 299 g/mol. The Bertz CT molecular complexity index is 381. The summed E-state index contributed by atoms with van der Waals surface area (Å²) in [7, 11) is 0. The molecule has 0 aromatic heterocycles.